The van der Waals surface area contributed by atoms with Gasteiger partial charge < -0.3 is 5.11 Å². The van der Waals surface area contributed by atoms with Gasteiger partial charge >= 0.3 is 5.97 Å². The molecule has 18 heavy (non-hydrogen) atoms. The molecule has 4 heteroatoms. The first-order valence-electron chi connectivity index (χ1n) is 5.28. The van der Waals surface area contributed by atoms with Gasteiger partial charge in [0.25, 0.3) is 0 Å². The van der Waals surface area contributed by atoms with Crippen molar-refractivity contribution in [3.8, 4) is 11.1 Å². The summed E-state index contributed by atoms with van der Waals surface area (Å²) in [4.78, 5) is 10.8. The van der Waals surface area contributed by atoms with E-state index in [0.29, 0.717) is 16.7 Å². The van der Waals surface area contributed by atoms with Crippen LogP contribution in [0, 0.1) is 18.6 Å². The lowest BCUT2D eigenvalue weighted by molar-refractivity contribution is 0.0692. The van der Waals surface area contributed by atoms with Crippen LogP contribution < -0.4 is 0 Å². The molecule has 0 radical (unpaired) electrons. The molecule has 0 aliphatic carbocycles. The van der Waals surface area contributed by atoms with Gasteiger partial charge in [-0.2, -0.15) is 0 Å². The largest absolute Gasteiger partial charge is 0.478 e. The molecule has 92 valence electrons. The van der Waals surface area contributed by atoms with Gasteiger partial charge in [0.05, 0.1) is 5.56 Å². The summed E-state index contributed by atoms with van der Waals surface area (Å²) in [6.07, 6.45) is 0. The van der Waals surface area contributed by atoms with Crippen LogP contribution in [0.3, 0.4) is 0 Å². The minimum absolute atomic E-state index is 0.363. The van der Waals surface area contributed by atoms with Gasteiger partial charge in [-0.15, -0.1) is 0 Å². The maximum atomic E-state index is 13.6. The molecule has 0 aliphatic heterocycles. The third-order valence-corrected chi connectivity index (χ3v) is 2.70. The summed E-state index contributed by atoms with van der Waals surface area (Å²) < 4.78 is 26.4. The van der Waals surface area contributed by atoms with Crippen molar-refractivity contribution in [2.24, 2.45) is 0 Å². The number of hydrogen-bond donors (Lipinski definition) is 1. The van der Waals surface area contributed by atoms with Gasteiger partial charge in [0, 0.05) is 0 Å². The lowest BCUT2D eigenvalue weighted by Gasteiger charge is -2.08. The number of aryl methyl sites for hydroxylation is 1. The zero-order valence-corrected chi connectivity index (χ0v) is 9.58. The van der Waals surface area contributed by atoms with E-state index in [1.54, 1.807) is 6.92 Å². The van der Waals surface area contributed by atoms with Crippen LogP contribution in [0.5, 0.6) is 0 Å². The van der Waals surface area contributed by atoms with Crippen LogP contribution in [-0.4, -0.2) is 11.1 Å². The van der Waals surface area contributed by atoms with Gasteiger partial charge in [-0.3, -0.25) is 0 Å². The molecule has 0 atom stereocenters. The minimum Gasteiger partial charge on any atom is -0.478 e. The van der Waals surface area contributed by atoms with Crippen molar-refractivity contribution in [3.63, 3.8) is 0 Å². The number of carboxylic acids is 1. The average Bonchev–Trinajstić information content (AvgIpc) is 2.32. The fourth-order valence-electron chi connectivity index (χ4n) is 1.79. The van der Waals surface area contributed by atoms with E-state index in [2.05, 4.69) is 0 Å². The molecule has 0 fully saturated rings. The van der Waals surface area contributed by atoms with Crippen molar-refractivity contribution in [1.82, 2.24) is 0 Å². The first kappa shape index (κ1) is 12.2. The van der Waals surface area contributed by atoms with Gasteiger partial charge in [-0.25, -0.2) is 13.6 Å². The third kappa shape index (κ3) is 2.22. The molecule has 0 aromatic heterocycles. The third-order valence-electron chi connectivity index (χ3n) is 2.70. The molecule has 0 unspecified atom stereocenters. The van der Waals surface area contributed by atoms with E-state index in [-0.39, 0.29) is 11.4 Å². The Kier molecular flexibility index (Phi) is 3.10. The average molecular weight is 248 g/mol. The normalized spacial score (nSPS) is 10.4. The fourth-order valence-corrected chi connectivity index (χ4v) is 1.79. The van der Waals surface area contributed by atoms with Crippen LogP contribution in [0.15, 0.2) is 36.4 Å². The number of benzene rings is 2. The number of rotatable bonds is 2. The second kappa shape index (κ2) is 4.56. The van der Waals surface area contributed by atoms with E-state index < -0.39 is 11.8 Å². The van der Waals surface area contributed by atoms with Crippen molar-refractivity contribution >= 4 is 5.97 Å². The van der Waals surface area contributed by atoms with E-state index >= 15 is 0 Å². The zero-order chi connectivity index (χ0) is 13.3. The minimum atomic E-state index is -1.30. The van der Waals surface area contributed by atoms with Gasteiger partial charge in [0.2, 0.25) is 0 Å². The first-order chi connectivity index (χ1) is 8.49. The molecule has 2 aromatic carbocycles. The molecule has 0 saturated carbocycles. The molecule has 0 bridgehead atoms. The molecule has 0 aliphatic rings. The summed E-state index contributed by atoms with van der Waals surface area (Å²) in [7, 11) is 0. The first-order valence-corrected chi connectivity index (χ1v) is 5.28. The SMILES string of the molecule is Cc1cc(C(=O)O)c(F)cc1-c1ccc(F)cc1. The molecular formula is C14H10F2O2. The fraction of sp³-hybridized carbons (Fsp3) is 0.0714. The highest BCUT2D eigenvalue weighted by atomic mass is 19.1. The van der Waals surface area contributed by atoms with E-state index in [0.717, 1.165) is 6.07 Å². The van der Waals surface area contributed by atoms with Crippen molar-refractivity contribution in [3.05, 3.63) is 59.2 Å². The van der Waals surface area contributed by atoms with Crippen molar-refractivity contribution < 1.29 is 18.7 Å². The molecule has 0 saturated heterocycles. The van der Waals surface area contributed by atoms with Crippen molar-refractivity contribution in [1.29, 1.82) is 0 Å². The highest BCUT2D eigenvalue weighted by Crippen LogP contribution is 2.26. The van der Waals surface area contributed by atoms with E-state index in [1.165, 1.54) is 30.3 Å². The molecule has 2 rings (SSSR count). The Bertz CT molecular complexity index is 604. The molecule has 0 spiro atoms. The second-order valence-electron chi connectivity index (χ2n) is 3.96. The van der Waals surface area contributed by atoms with Crippen LogP contribution in [0.2, 0.25) is 0 Å². The van der Waals surface area contributed by atoms with Crippen LogP contribution >= 0.6 is 0 Å². The monoisotopic (exact) mass is 248 g/mol. The van der Waals surface area contributed by atoms with Crippen LogP contribution in [0.4, 0.5) is 8.78 Å². The Morgan fingerprint density at radius 1 is 1.11 bits per heavy atom. The molecule has 2 aromatic rings. The Labute approximate surface area is 103 Å². The Morgan fingerprint density at radius 2 is 1.72 bits per heavy atom. The second-order valence-corrected chi connectivity index (χ2v) is 3.96. The smallest absolute Gasteiger partial charge is 0.338 e. The predicted molar refractivity (Wildman–Crippen MR) is 63.5 cm³/mol. The van der Waals surface area contributed by atoms with Crippen molar-refractivity contribution in [2.75, 3.05) is 0 Å². The Hall–Kier alpha value is -2.23. The lowest BCUT2D eigenvalue weighted by atomic mass is 9.98. The van der Waals surface area contributed by atoms with Crippen molar-refractivity contribution in [2.45, 2.75) is 6.92 Å². The maximum absolute atomic E-state index is 13.6. The summed E-state index contributed by atoms with van der Waals surface area (Å²) in [6, 6.07) is 8.03. The summed E-state index contributed by atoms with van der Waals surface area (Å²) in [5.41, 5.74) is 1.46. The van der Waals surface area contributed by atoms with E-state index in [9.17, 15) is 13.6 Å². The maximum Gasteiger partial charge on any atom is 0.338 e. The number of carboxylic acid groups (broad SMARTS) is 1. The molecule has 0 amide bonds. The quantitative estimate of drug-likeness (QED) is 0.880. The van der Waals surface area contributed by atoms with Gasteiger partial charge in [-0.1, -0.05) is 12.1 Å². The number of halogens is 2. The molecule has 0 heterocycles. The molecule has 1 N–H and O–H groups in total. The predicted octanol–water partition coefficient (Wildman–Crippen LogP) is 3.64. The van der Waals surface area contributed by atoms with Crippen LogP contribution in [0.1, 0.15) is 15.9 Å². The Morgan fingerprint density at radius 3 is 2.28 bits per heavy atom. The highest BCUT2D eigenvalue weighted by molar-refractivity contribution is 5.89. The van der Waals surface area contributed by atoms with Gasteiger partial charge in [0.15, 0.2) is 0 Å². The van der Waals surface area contributed by atoms with Crippen LogP contribution in [-0.2, 0) is 0 Å². The van der Waals surface area contributed by atoms with Gasteiger partial charge in [0.1, 0.15) is 11.6 Å². The van der Waals surface area contributed by atoms with E-state index in [4.69, 9.17) is 5.11 Å². The molecular weight excluding hydrogens is 238 g/mol. The number of aromatic carboxylic acids is 1. The number of carbonyl (C=O) groups is 1. The van der Waals surface area contributed by atoms with E-state index in [1.807, 2.05) is 0 Å². The standard InChI is InChI=1S/C14H10F2O2/c1-8-6-12(14(17)18)13(16)7-11(8)9-2-4-10(15)5-3-9/h2-7H,1H3,(H,17,18). The lowest BCUT2D eigenvalue weighted by Crippen LogP contribution is -2.02. The van der Waals surface area contributed by atoms with Crippen LogP contribution in [0.25, 0.3) is 11.1 Å². The topological polar surface area (TPSA) is 37.3 Å². The summed E-state index contributed by atoms with van der Waals surface area (Å²) in [5, 5.41) is 8.80. The summed E-state index contributed by atoms with van der Waals surface area (Å²) in [5.74, 6) is -2.48. The highest BCUT2D eigenvalue weighted by Gasteiger charge is 2.13. The molecule has 2 nitrogen and oxygen atoms in total. The zero-order valence-electron chi connectivity index (χ0n) is 9.58. The summed E-state index contributed by atoms with van der Waals surface area (Å²) in [6.45, 7) is 1.69. The van der Waals surface area contributed by atoms with Gasteiger partial charge in [-0.05, 0) is 47.9 Å². The Balaban J connectivity index is 2.56. The summed E-state index contributed by atoms with van der Waals surface area (Å²) >= 11 is 0. The number of hydrogen-bond acceptors (Lipinski definition) is 1.